The molecule has 0 saturated carbocycles. The minimum atomic E-state index is -0.674. The van der Waals surface area contributed by atoms with Crippen molar-refractivity contribution in [2.45, 2.75) is 39.3 Å². The molecule has 2 heterocycles. The predicted molar refractivity (Wildman–Crippen MR) is 78.7 cm³/mol. The molecule has 1 amide bonds. The van der Waals surface area contributed by atoms with Crippen molar-refractivity contribution in [2.24, 2.45) is 11.7 Å². The first-order valence-electron chi connectivity index (χ1n) is 7.16. The fourth-order valence-corrected chi connectivity index (χ4v) is 2.38. The van der Waals surface area contributed by atoms with Crippen molar-refractivity contribution in [3.63, 3.8) is 0 Å². The number of fused-ring (bicyclic) bond motifs is 1. The first-order chi connectivity index (χ1) is 9.97. The summed E-state index contributed by atoms with van der Waals surface area (Å²) in [6, 6.07) is 2.31. The zero-order chi connectivity index (χ0) is 15.6. The summed E-state index contributed by atoms with van der Waals surface area (Å²) in [5.74, 6) is -0.218. The molecule has 21 heavy (non-hydrogen) atoms. The number of ether oxygens (including phenoxy) is 1. The van der Waals surface area contributed by atoms with E-state index in [1.807, 2.05) is 19.9 Å². The van der Waals surface area contributed by atoms with Crippen molar-refractivity contribution >= 4 is 17.7 Å². The molecule has 0 radical (unpaired) electrons. The van der Waals surface area contributed by atoms with Crippen molar-refractivity contribution in [2.75, 3.05) is 11.5 Å². The van der Waals surface area contributed by atoms with Gasteiger partial charge in [0.05, 0.1) is 12.6 Å². The maximum atomic E-state index is 12.6. The molecular formula is C15H21N3O3. The van der Waals surface area contributed by atoms with Crippen LogP contribution in [0.3, 0.4) is 0 Å². The summed E-state index contributed by atoms with van der Waals surface area (Å²) >= 11 is 0. The standard InChI is InChI=1S/C15H21N3O3/c1-4-21-15(20)11-8-10-6-5-7-17-13(10)18(11)14(19)12(16)9(2)3/h5-7,9,11-12H,4,8,16H2,1-3H3. The largest absolute Gasteiger partial charge is 0.464 e. The molecule has 0 aromatic carbocycles. The smallest absolute Gasteiger partial charge is 0.329 e. The van der Waals surface area contributed by atoms with E-state index < -0.39 is 18.1 Å². The highest BCUT2D eigenvalue weighted by molar-refractivity contribution is 6.03. The number of esters is 1. The number of nitrogens with zero attached hydrogens (tertiary/aromatic N) is 2. The maximum Gasteiger partial charge on any atom is 0.329 e. The lowest BCUT2D eigenvalue weighted by Crippen LogP contribution is -2.52. The van der Waals surface area contributed by atoms with Crippen LogP contribution in [0.15, 0.2) is 18.3 Å². The molecule has 0 bridgehead atoms. The molecule has 2 atom stereocenters. The molecule has 6 heteroatoms. The average molecular weight is 291 g/mol. The molecule has 2 rings (SSSR count). The van der Waals surface area contributed by atoms with Gasteiger partial charge in [-0.3, -0.25) is 9.69 Å². The molecule has 1 aromatic rings. The Morgan fingerprint density at radius 1 is 1.52 bits per heavy atom. The van der Waals surface area contributed by atoms with Crippen molar-refractivity contribution in [3.8, 4) is 0 Å². The molecule has 1 aliphatic rings. The van der Waals surface area contributed by atoms with E-state index in [0.29, 0.717) is 12.2 Å². The number of pyridine rings is 1. The van der Waals surface area contributed by atoms with Crippen LogP contribution in [0.2, 0.25) is 0 Å². The molecule has 0 aliphatic carbocycles. The molecule has 6 nitrogen and oxygen atoms in total. The Hall–Kier alpha value is -1.95. The van der Waals surface area contributed by atoms with E-state index in [1.165, 1.54) is 4.90 Å². The first kappa shape index (κ1) is 15.4. The Morgan fingerprint density at radius 2 is 2.24 bits per heavy atom. The summed E-state index contributed by atoms with van der Waals surface area (Å²) in [6.45, 7) is 5.76. The summed E-state index contributed by atoms with van der Waals surface area (Å²) in [7, 11) is 0. The first-order valence-corrected chi connectivity index (χ1v) is 7.16. The second-order valence-electron chi connectivity index (χ2n) is 5.44. The lowest BCUT2D eigenvalue weighted by molar-refractivity contribution is -0.145. The Balaban J connectivity index is 2.36. The van der Waals surface area contributed by atoms with Gasteiger partial charge < -0.3 is 10.5 Å². The summed E-state index contributed by atoms with van der Waals surface area (Å²) in [5.41, 5.74) is 6.82. The molecule has 0 spiro atoms. The summed E-state index contributed by atoms with van der Waals surface area (Å²) < 4.78 is 5.08. The third-order valence-corrected chi connectivity index (χ3v) is 3.62. The summed E-state index contributed by atoms with van der Waals surface area (Å²) in [6.07, 6.45) is 2.02. The number of anilines is 1. The highest BCUT2D eigenvalue weighted by Crippen LogP contribution is 2.31. The lowest BCUT2D eigenvalue weighted by atomic mass is 10.0. The number of carbonyl (C=O) groups is 2. The molecule has 0 fully saturated rings. The topological polar surface area (TPSA) is 85.5 Å². The molecule has 1 aromatic heterocycles. The van der Waals surface area contributed by atoms with Gasteiger partial charge in [-0.25, -0.2) is 9.78 Å². The van der Waals surface area contributed by atoms with E-state index in [1.54, 1.807) is 19.2 Å². The molecule has 114 valence electrons. The van der Waals surface area contributed by atoms with E-state index in [9.17, 15) is 9.59 Å². The number of hydrogen-bond acceptors (Lipinski definition) is 5. The van der Waals surface area contributed by atoms with Crippen LogP contribution >= 0.6 is 0 Å². The summed E-state index contributed by atoms with van der Waals surface area (Å²) in [4.78, 5) is 30.4. The number of aromatic nitrogens is 1. The molecule has 1 aliphatic heterocycles. The number of carbonyl (C=O) groups excluding carboxylic acids is 2. The van der Waals surface area contributed by atoms with E-state index in [2.05, 4.69) is 4.98 Å². The van der Waals surface area contributed by atoms with Crippen LogP contribution in [0.5, 0.6) is 0 Å². The molecule has 0 saturated heterocycles. The van der Waals surface area contributed by atoms with E-state index in [4.69, 9.17) is 10.5 Å². The van der Waals surface area contributed by atoms with Crippen LogP contribution in [0.25, 0.3) is 0 Å². The van der Waals surface area contributed by atoms with E-state index in [-0.39, 0.29) is 18.4 Å². The van der Waals surface area contributed by atoms with Crippen LogP contribution in [0, 0.1) is 5.92 Å². The van der Waals surface area contributed by atoms with Gasteiger partial charge in [0.15, 0.2) is 0 Å². The molecule has 2 N–H and O–H groups in total. The van der Waals surface area contributed by atoms with Crippen molar-refractivity contribution in [3.05, 3.63) is 23.9 Å². The monoisotopic (exact) mass is 291 g/mol. The minimum Gasteiger partial charge on any atom is -0.464 e. The van der Waals surface area contributed by atoms with Gasteiger partial charge in [0, 0.05) is 12.6 Å². The number of amides is 1. The quantitative estimate of drug-likeness (QED) is 0.833. The van der Waals surface area contributed by atoms with Crippen molar-refractivity contribution in [1.29, 1.82) is 0 Å². The van der Waals surface area contributed by atoms with Gasteiger partial charge in [-0.15, -0.1) is 0 Å². The second-order valence-corrected chi connectivity index (χ2v) is 5.44. The lowest BCUT2D eigenvalue weighted by Gasteiger charge is -2.27. The van der Waals surface area contributed by atoms with Crippen LogP contribution in [0.4, 0.5) is 5.82 Å². The Labute approximate surface area is 124 Å². The molecule has 2 unspecified atom stereocenters. The highest BCUT2D eigenvalue weighted by Gasteiger charge is 2.42. The second kappa shape index (κ2) is 6.22. The summed E-state index contributed by atoms with van der Waals surface area (Å²) in [5, 5.41) is 0. The van der Waals surface area contributed by atoms with Crippen LogP contribution < -0.4 is 10.6 Å². The van der Waals surface area contributed by atoms with Gasteiger partial charge in [0.2, 0.25) is 5.91 Å². The Kier molecular flexibility index (Phi) is 4.57. The molecular weight excluding hydrogens is 270 g/mol. The Bertz CT molecular complexity index is 545. The zero-order valence-corrected chi connectivity index (χ0v) is 12.6. The van der Waals surface area contributed by atoms with Gasteiger partial charge in [0.1, 0.15) is 11.9 Å². The predicted octanol–water partition coefficient (Wildman–Crippen LogP) is 0.886. The highest BCUT2D eigenvalue weighted by atomic mass is 16.5. The number of rotatable bonds is 4. The van der Waals surface area contributed by atoms with Crippen LogP contribution in [-0.4, -0.2) is 35.6 Å². The van der Waals surface area contributed by atoms with Crippen molar-refractivity contribution in [1.82, 2.24) is 4.98 Å². The van der Waals surface area contributed by atoms with Gasteiger partial charge >= 0.3 is 5.97 Å². The zero-order valence-electron chi connectivity index (χ0n) is 12.6. The van der Waals surface area contributed by atoms with Gasteiger partial charge in [-0.05, 0) is 24.5 Å². The fraction of sp³-hybridized carbons (Fsp3) is 0.533. The van der Waals surface area contributed by atoms with Crippen molar-refractivity contribution < 1.29 is 14.3 Å². The SMILES string of the molecule is CCOC(=O)C1Cc2cccnc2N1C(=O)C(N)C(C)C. The van der Waals surface area contributed by atoms with Crippen LogP contribution in [-0.2, 0) is 20.7 Å². The van der Waals surface area contributed by atoms with Gasteiger partial charge in [-0.2, -0.15) is 0 Å². The fourth-order valence-electron chi connectivity index (χ4n) is 2.38. The van der Waals surface area contributed by atoms with E-state index >= 15 is 0 Å². The Morgan fingerprint density at radius 3 is 2.86 bits per heavy atom. The van der Waals surface area contributed by atoms with Crippen LogP contribution in [0.1, 0.15) is 26.3 Å². The number of nitrogens with two attached hydrogens (primary N) is 1. The van der Waals surface area contributed by atoms with E-state index in [0.717, 1.165) is 5.56 Å². The third kappa shape index (κ3) is 2.90. The minimum absolute atomic E-state index is 0.0203. The van der Waals surface area contributed by atoms with Gasteiger partial charge in [0.25, 0.3) is 0 Å². The van der Waals surface area contributed by atoms with Gasteiger partial charge in [-0.1, -0.05) is 19.9 Å². The maximum absolute atomic E-state index is 12.6. The average Bonchev–Trinajstić information content (AvgIpc) is 2.85. The normalized spacial score (nSPS) is 18.5. The number of hydrogen-bond donors (Lipinski definition) is 1. The third-order valence-electron chi connectivity index (χ3n) is 3.62.